The van der Waals surface area contributed by atoms with E-state index >= 15 is 0 Å². The highest BCUT2D eigenvalue weighted by Crippen LogP contribution is 2.25. The first-order valence-corrected chi connectivity index (χ1v) is 7.52. The van der Waals surface area contributed by atoms with E-state index in [1.54, 1.807) is 11.3 Å². The Bertz CT molecular complexity index is 719. The highest BCUT2D eigenvalue weighted by Gasteiger charge is 2.13. The number of para-hydroxylation sites is 1. The van der Waals surface area contributed by atoms with Gasteiger partial charge in [0.25, 0.3) is 0 Å². The van der Waals surface area contributed by atoms with Crippen molar-refractivity contribution < 1.29 is 14.3 Å². The van der Waals surface area contributed by atoms with E-state index < -0.39 is 0 Å². The summed E-state index contributed by atoms with van der Waals surface area (Å²) in [6, 6.07) is 9.39. The van der Waals surface area contributed by atoms with E-state index in [1.807, 2.05) is 48.0 Å². The Morgan fingerprint density at radius 1 is 1.29 bits per heavy atom. The first-order chi connectivity index (χ1) is 10.3. The van der Waals surface area contributed by atoms with Crippen LogP contribution in [0.4, 0.5) is 0 Å². The van der Waals surface area contributed by atoms with Crippen LogP contribution in [0.1, 0.15) is 17.0 Å². The second-order valence-corrected chi connectivity index (χ2v) is 5.37. The molecule has 21 heavy (non-hydrogen) atoms. The monoisotopic (exact) mass is 301 g/mol. The number of rotatable bonds is 5. The summed E-state index contributed by atoms with van der Waals surface area (Å²) in [6.07, 6.45) is 0. The summed E-state index contributed by atoms with van der Waals surface area (Å²) in [5, 5.41) is 13.3. The molecule has 0 amide bonds. The Morgan fingerprint density at radius 2 is 2.14 bits per heavy atom. The van der Waals surface area contributed by atoms with Crippen LogP contribution in [0, 0.1) is 6.92 Å². The molecule has 2 aromatic heterocycles. The normalized spacial score (nSPS) is 10.8. The van der Waals surface area contributed by atoms with Gasteiger partial charge < -0.3 is 14.3 Å². The summed E-state index contributed by atoms with van der Waals surface area (Å²) in [4.78, 5) is 4.48. The molecule has 108 valence electrons. The van der Waals surface area contributed by atoms with Crippen LogP contribution in [0.2, 0.25) is 0 Å². The smallest absolute Gasteiger partial charge is 0.227 e. The van der Waals surface area contributed by atoms with Crippen LogP contribution < -0.4 is 4.74 Å². The summed E-state index contributed by atoms with van der Waals surface area (Å²) in [6.45, 7) is 2.14. The van der Waals surface area contributed by atoms with E-state index in [1.165, 1.54) is 0 Å². The van der Waals surface area contributed by atoms with Gasteiger partial charge in [-0.25, -0.2) is 4.98 Å². The average molecular weight is 301 g/mol. The van der Waals surface area contributed by atoms with Crippen molar-refractivity contribution in [2.45, 2.75) is 20.1 Å². The summed E-state index contributed by atoms with van der Waals surface area (Å²) < 4.78 is 11.4. The second-order valence-electron chi connectivity index (χ2n) is 4.59. The van der Waals surface area contributed by atoms with Gasteiger partial charge in [-0.05, 0) is 24.4 Å². The Hall–Kier alpha value is -2.11. The lowest BCUT2D eigenvalue weighted by Gasteiger charge is -2.08. The van der Waals surface area contributed by atoms with Gasteiger partial charge >= 0.3 is 0 Å². The predicted octanol–water partition coefficient (Wildman–Crippen LogP) is 3.78. The van der Waals surface area contributed by atoms with Crippen LogP contribution in [0.25, 0.3) is 11.5 Å². The summed E-state index contributed by atoms with van der Waals surface area (Å²) in [5.41, 5.74) is 2.51. The molecule has 2 heterocycles. The molecular weight excluding hydrogens is 286 g/mol. The maximum atomic E-state index is 9.29. The lowest BCUT2D eigenvalue weighted by atomic mass is 10.2. The maximum Gasteiger partial charge on any atom is 0.227 e. The molecule has 1 aromatic carbocycles. The van der Waals surface area contributed by atoms with Crippen molar-refractivity contribution in [3.05, 3.63) is 58.1 Å². The molecule has 0 atom stereocenters. The Morgan fingerprint density at radius 3 is 2.90 bits per heavy atom. The third-order valence-electron chi connectivity index (χ3n) is 3.17. The van der Waals surface area contributed by atoms with Gasteiger partial charge in [-0.2, -0.15) is 11.3 Å². The van der Waals surface area contributed by atoms with Gasteiger partial charge in [-0.15, -0.1) is 0 Å². The van der Waals surface area contributed by atoms with Crippen molar-refractivity contribution in [3.8, 4) is 17.2 Å². The van der Waals surface area contributed by atoms with E-state index in [0.717, 1.165) is 22.6 Å². The van der Waals surface area contributed by atoms with Gasteiger partial charge in [-0.3, -0.25) is 0 Å². The van der Waals surface area contributed by atoms with Crippen molar-refractivity contribution in [1.29, 1.82) is 0 Å². The van der Waals surface area contributed by atoms with Gasteiger partial charge in [0, 0.05) is 16.5 Å². The largest absolute Gasteiger partial charge is 0.487 e. The number of hydrogen-bond donors (Lipinski definition) is 1. The number of aliphatic hydroxyl groups is 1. The number of ether oxygens (including phenoxy) is 1. The minimum Gasteiger partial charge on any atom is -0.487 e. The standard InChI is InChI=1S/C16H15NO3S/c1-11-14(17-16(20-11)13-6-7-21-10-13)9-19-15-5-3-2-4-12(15)8-18/h2-7,10,18H,8-9H2,1H3. The van der Waals surface area contributed by atoms with Gasteiger partial charge in [0.2, 0.25) is 5.89 Å². The van der Waals surface area contributed by atoms with Gasteiger partial charge in [0.05, 0.1) is 6.61 Å². The molecule has 0 saturated heterocycles. The average Bonchev–Trinajstić information content (AvgIpc) is 3.15. The molecule has 0 fully saturated rings. The number of thiophene rings is 1. The quantitative estimate of drug-likeness (QED) is 0.779. The van der Waals surface area contributed by atoms with E-state index in [2.05, 4.69) is 4.98 Å². The molecule has 0 bridgehead atoms. The van der Waals surface area contributed by atoms with Crippen LogP contribution >= 0.6 is 11.3 Å². The second kappa shape index (κ2) is 6.11. The van der Waals surface area contributed by atoms with Crippen molar-refractivity contribution in [2.24, 2.45) is 0 Å². The fraction of sp³-hybridized carbons (Fsp3) is 0.188. The summed E-state index contributed by atoms with van der Waals surface area (Å²) in [7, 11) is 0. The molecule has 0 radical (unpaired) electrons. The van der Waals surface area contributed by atoms with Crippen molar-refractivity contribution >= 4 is 11.3 Å². The summed E-state index contributed by atoms with van der Waals surface area (Å²) in [5.74, 6) is 2.03. The molecule has 0 aliphatic rings. The number of aliphatic hydroxyl groups excluding tert-OH is 1. The zero-order chi connectivity index (χ0) is 14.7. The highest BCUT2D eigenvalue weighted by molar-refractivity contribution is 7.08. The Labute approximate surface area is 126 Å². The van der Waals surface area contributed by atoms with Crippen molar-refractivity contribution in [3.63, 3.8) is 0 Å². The van der Waals surface area contributed by atoms with E-state index in [9.17, 15) is 5.11 Å². The molecular formula is C16H15NO3S. The number of hydrogen-bond acceptors (Lipinski definition) is 5. The molecule has 4 nitrogen and oxygen atoms in total. The first-order valence-electron chi connectivity index (χ1n) is 6.58. The van der Waals surface area contributed by atoms with Gasteiger partial charge in [-0.1, -0.05) is 18.2 Å². The van der Waals surface area contributed by atoms with Crippen molar-refractivity contribution in [1.82, 2.24) is 4.98 Å². The Balaban J connectivity index is 1.76. The number of benzene rings is 1. The minimum absolute atomic E-state index is 0.0475. The van der Waals surface area contributed by atoms with Crippen LogP contribution in [0.15, 0.2) is 45.5 Å². The Kier molecular flexibility index (Phi) is 4.03. The third-order valence-corrected chi connectivity index (χ3v) is 3.85. The highest BCUT2D eigenvalue weighted by atomic mass is 32.1. The van der Waals surface area contributed by atoms with E-state index in [0.29, 0.717) is 18.2 Å². The van der Waals surface area contributed by atoms with E-state index in [4.69, 9.17) is 9.15 Å². The molecule has 3 rings (SSSR count). The molecule has 0 aliphatic heterocycles. The minimum atomic E-state index is -0.0475. The molecule has 0 aliphatic carbocycles. The molecule has 5 heteroatoms. The van der Waals surface area contributed by atoms with Crippen LogP contribution in [0.3, 0.4) is 0 Å². The van der Waals surface area contributed by atoms with Crippen LogP contribution in [-0.2, 0) is 13.2 Å². The summed E-state index contributed by atoms with van der Waals surface area (Å²) >= 11 is 1.61. The maximum absolute atomic E-state index is 9.29. The van der Waals surface area contributed by atoms with Crippen LogP contribution in [-0.4, -0.2) is 10.1 Å². The van der Waals surface area contributed by atoms with Gasteiger partial charge in [0.15, 0.2) is 0 Å². The van der Waals surface area contributed by atoms with Crippen LogP contribution in [0.5, 0.6) is 5.75 Å². The van der Waals surface area contributed by atoms with Gasteiger partial charge in [0.1, 0.15) is 23.8 Å². The number of aryl methyl sites for hydroxylation is 1. The number of nitrogens with zero attached hydrogens (tertiary/aromatic N) is 1. The zero-order valence-corrected chi connectivity index (χ0v) is 12.4. The lowest BCUT2D eigenvalue weighted by Crippen LogP contribution is -2.00. The fourth-order valence-corrected chi connectivity index (χ4v) is 2.62. The third kappa shape index (κ3) is 2.99. The SMILES string of the molecule is Cc1oc(-c2ccsc2)nc1COc1ccccc1CO. The molecule has 0 spiro atoms. The molecule has 1 N–H and O–H groups in total. The fourth-order valence-electron chi connectivity index (χ4n) is 1.99. The molecule has 3 aromatic rings. The molecule has 0 unspecified atom stereocenters. The molecule has 0 saturated carbocycles. The zero-order valence-electron chi connectivity index (χ0n) is 11.6. The predicted molar refractivity (Wildman–Crippen MR) is 81.2 cm³/mol. The number of aromatic nitrogens is 1. The first kappa shape index (κ1) is 13.9. The van der Waals surface area contributed by atoms with E-state index in [-0.39, 0.29) is 6.61 Å². The lowest BCUT2D eigenvalue weighted by molar-refractivity contribution is 0.257. The number of oxazole rings is 1. The van der Waals surface area contributed by atoms with Crippen molar-refractivity contribution in [2.75, 3.05) is 0 Å². The topological polar surface area (TPSA) is 55.5 Å².